The molecule has 2 fully saturated rings. The van der Waals surface area contributed by atoms with Gasteiger partial charge >= 0.3 is 0 Å². The van der Waals surface area contributed by atoms with Crippen molar-refractivity contribution in [3.8, 4) is 0 Å². The molecule has 4 rings (SSSR count). The molecule has 1 unspecified atom stereocenters. The van der Waals surface area contributed by atoms with Crippen molar-refractivity contribution < 1.29 is 14.1 Å². The molecule has 0 radical (unpaired) electrons. The Bertz CT molecular complexity index is 750. The zero-order valence-corrected chi connectivity index (χ0v) is 15.3. The minimum absolute atomic E-state index is 0.0652. The van der Waals surface area contributed by atoms with Crippen LogP contribution in [-0.4, -0.2) is 51.8 Å². The second-order valence-corrected chi connectivity index (χ2v) is 7.41. The maximum atomic E-state index is 12.7. The van der Waals surface area contributed by atoms with E-state index in [0.717, 1.165) is 31.9 Å². The maximum absolute atomic E-state index is 12.7. The molecule has 2 aromatic heterocycles. The fourth-order valence-corrected chi connectivity index (χ4v) is 3.44. The van der Waals surface area contributed by atoms with Gasteiger partial charge in [0.05, 0.1) is 12.5 Å². The second-order valence-electron chi connectivity index (χ2n) is 7.41. The van der Waals surface area contributed by atoms with E-state index in [1.807, 2.05) is 34.8 Å². The summed E-state index contributed by atoms with van der Waals surface area (Å²) in [6.45, 7) is 2.89. The first kappa shape index (κ1) is 17.3. The molecule has 7 nitrogen and oxygen atoms in total. The van der Waals surface area contributed by atoms with Crippen molar-refractivity contribution in [1.29, 1.82) is 0 Å². The van der Waals surface area contributed by atoms with E-state index in [9.17, 15) is 4.79 Å². The van der Waals surface area contributed by atoms with Crippen molar-refractivity contribution in [2.75, 3.05) is 26.3 Å². The summed E-state index contributed by atoms with van der Waals surface area (Å²) in [5.41, 5.74) is 0.713. The number of rotatable bonds is 7. The summed E-state index contributed by atoms with van der Waals surface area (Å²) in [4.78, 5) is 19.2. The number of nitrogens with zero attached hydrogens (tertiary/aromatic N) is 4. The fourth-order valence-electron chi connectivity index (χ4n) is 3.44. The number of amides is 1. The van der Waals surface area contributed by atoms with Gasteiger partial charge in [-0.2, -0.15) is 4.98 Å². The molecule has 1 amide bonds. The summed E-state index contributed by atoms with van der Waals surface area (Å²) in [5, 5.41) is 4.08. The molecule has 7 heteroatoms. The lowest BCUT2D eigenvalue weighted by Gasteiger charge is -2.31. The van der Waals surface area contributed by atoms with Crippen LogP contribution in [0.1, 0.15) is 53.8 Å². The molecule has 0 aromatic carbocycles. The second kappa shape index (κ2) is 7.61. The summed E-state index contributed by atoms with van der Waals surface area (Å²) in [6.07, 6.45) is 7.08. The molecule has 1 aliphatic heterocycles. The number of hydrogen-bond acceptors (Lipinski definition) is 5. The smallest absolute Gasteiger partial charge is 0.270 e. The highest BCUT2D eigenvalue weighted by Gasteiger charge is 2.29. The van der Waals surface area contributed by atoms with E-state index in [0.29, 0.717) is 37.0 Å². The van der Waals surface area contributed by atoms with E-state index < -0.39 is 0 Å². The van der Waals surface area contributed by atoms with Gasteiger partial charge in [0.1, 0.15) is 5.69 Å². The van der Waals surface area contributed by atoms with Crippen molar-refractivity contribution in [1.82, 2.24) is 19.6 Å². The van der Waals surface area contributed by atoms with Crippen LogP contribution >= 0.6 is 0 Å². The van der Waals surface area contributed by atoms with Gasteiger partial charge < -0.3 is 18.7 Å². The third-order valence-corrected chi connectivity index (χ3v) is 5.22. The number of hydrogen-bond donors (Lipinski definition) is 0. The minimum Gasteiger partial charge on any atom is -0.381 e. The molecule has 2 aromatic rings. The lowest BCUT2D eigenvalue weighted by molar-refractivity contribution is 0.0686. The molecule has 2 aliphatic rings. The third-order valence-electron chi connectivity index (χ3n) is 5.22. The minimum atomic E-state index is 0.0652. The van der Waals surface area contributed by atoms with Gasteiger partial charge in [-0.05, 0) is 43.7 Å². The van der Waals surface area contributed by atoms with Crippen LogP contribution < -0.4 is 0 Å². The zero-order chi connectivity index (χ0) is 17.9. The van der Waals surface area contributed by atoms with Crippen molar-refractivity contribution in [3.63, 3.8) is 0 Å². The number of aromatic nitrogens is 3. The molecule has 140 valence electrons. The number of ether oxygens (including phenoxy) is 1. The summed E-state index contributed by atoms with van der Waals surface area (Å²) in [5.74, 6) is 2.29. The standard InChI is InChI=1S/C19H26N4O3/c1-22-9-3-5-16(22)19(24)23-10-2-4-15(12-23)18-20-17(21-26-18)8-11-25-13-14-6-7-14/h3,5,9,14-15H,2,4,6-8,10-13H2,1H3. The summed E-state index contributed by atoms with van der Waals surface area (Å²) in [6, 6.07) is 3.75. The fraction of sp³-hybridized carbons (Fsp3) is 0.632. The molecule has 1 saturated heterocycles. The first-order valence-corrected chi connectivity index (χ1v) is 9.51. The van der Waals surface area contributed by atoms with Crippen LogP contribution in [0.4, 0.5) is 0 Å². The SMILES string of the molecule is Cn1cccc1C(=O)N1CCCC(c2nc(CCOCC3CC3)no2)C1. The first-order valence-electron chi connectivity index (χ1n) is 9.51. The molecule has 0 spiro atoms. The van der Waals surface area contributed by atoms with Crippen LogP contribution in [-0.2, 0) is 18.2 Å². The highest BCUT2D eigenvalue weighted by molar-refractivity contribution is 5.92. The number of carbonyl (C=O) groups excluding carboxylic acids is 1. The average Bonchev–Trinajstić information content (AvgIpc) is 3.19. The normalized spacial score (nSPS) is 20.5. The number of likely N-dealkylation sites (tertiary alicyclic amines) is 1. The van der Waals surface area contributed by atoms with Crippen LogP contribution in [0, 0.1) is 5.92 Å². The highest BCUT2D eigenvalue weighted by Crippen LogP contribution is 2.29. The van der Waals surface area contributed by atoms with E-state index in [1.165, 1.54) is 12.8 Å². The van der Waals surface area contributed by atoms with Crippen LogP contribution in [0.2, 0.25) is 0 Å². The Morgan fingerprint density at radius 1 is 1.38 bits per heavy atom. The number of aryl methyl sites for hydroxylation is 1. The summed E-state index contributed by atoms with van der Waals surface area (Å²) in [7, 11) is 1.89. The first-order chi connectivity index (χ1) is 12.7. The molecule has 0 N–H and O–H groups in total. The van der Waals surface area contributed by atoms with Gasteiger partial charge in [0.25, 0.3) is 5.91 Å². The third kappa shape index (κ3) is 3.98. The van der Waals surface area contributed by atoms with Gasteiger partial charge in [0, 0.05) is 39.4 Å². The Balaban J connectivity index is 1.32. The van der Waals surface area contributed by atoms with Crippen LogP contribution in [0.5, 0.6) is 0 Å². The van der Waals surface area contributed by atoms with E-state index in [2.05, 4.69) is 10.1 Å². The van der Waals surface area contributed by atoms with Gasteiger partial charge in [-0.25, -0.2) is 0 Å². The Kier molecular flexibility index (Phi) is 5.06. The Labute approximate surface area is 153 Å². The van der Waals surface area contributed by atoms with Crippen LogP contribution in [0.15, 0.2) is 22.9 Å². The molecule has 1 aliphatic carbocycles. The number of piperidine rings is 1. The molecule has 1 atom stereocenters. The summed E-state index contributed by atoms with van der Waals surface area (Å²) < 4.78 is 13.0. The van der Waals surface area contributed by atoms with Gasteiger partial charge in [-0.3, -0.25) is 4.79 Å². The lowest BCUT2D eigenvalue weighted by Crippen LogP contribution is -2.39. The van der Waals surface area contributed by atoms with Crippen molar-refractivity contribution in [3.05, 3.63) is 35.7 Å². The zero-order valence-electron chi connectivity index (χ0n) is 15.3. The molecule has 3 heterocycles. The quantitative estimate of drug-likeness (QED) is 0.711. The van der Waals surface area contributed by atoms with Gasteiger partial charge in [-0.1, -0.05) is 5.16 Å². The van der Waals surface area contributed by atoms with Crippen LogP contribution in [0.25, 0.3) is 0 Å². The molecule has 26 heavy (non-hydrogen) atoms. The molecule has 0 bridgehead atoms. The van der Waals surface area contributed by atoms with Gasteiger partial charge in [0.2, 0.25) is 5.89 Å². The number of carbonyl (C=O) groups is 1. The van der Waals surface area contributed by atoms with E-state index in [-0.39, 0.29) is 11.8 Å². The predicted molar refractivity (Wildman–Crippen MR) is 94.8 cm³/mol. The Morgan fingerprint density at radius 2 is 2.27 bits per heavy atom. The van der Waals surface area contributed by atoms with Crippen molar-refractivity contribution in [2.24, 2.45) is 13.0 Å². The summed E-state index contributed by atoms with van der Waals surface area (Å²) >= 11 is 0. The van der Waals surface area contributed by atoms with E-state index in [4.69, 9.17) is 9.26 Å². The lowest BCUT2D eigenvalue weighted by atomic mass is 9.97. The van der Waals surface area contributed by atoms with Crippen LogP contribution in [0.3, 0.4) is 0 Å². The predicted octanol–water partition coefficient (Wildman–Crippen LogP) is 2.40. The van der Waals surface area contributed by atoms with Gasteiger partial charge in [-0.15, -0.1) is 0 Å². The molecular weight excluding hydrogens is 332 g/mol. The van der Waals surface area contributed by atoms with E-state index in [1.54, 1.807) is 0 Å². The highest BCUT2D eigenvalue weighted by atomic mass is 16.5. The topological polar surface area (TPSA) is 73.4 Å². The maximum Gasteiger partial charge on any atom is 0.270 e. The van der Waals surface area contributed by atoms with E-state index >= 15 is 0 Å². The average molecular weight is 358 g/mol. The Morgan fingerprint density at radius 3 is 3.04 bits per heavy atom. The Hall–Kier alpha value is -2.15. The largest absolute Gasteiger partial charge is 0.381 e. The monoisotopic (exact) mass is 358 g/mol. The molecular formula is C19H26N4O3. The molecule has 1 saturated carbocycles. The van der Waals surface area contributed by atoms with Crippen molar-refractivity contribution in [2.45, 2.75) is 38.0 Å². The van der Waals surface area contributed by atoms with Gasteiger partial charge in [0.15, 0.2) is 5.82 Å². The van der Waals surface area contributed by atoms with Crippen molar-refractivity contribution >= 4 is 5.91 Å².